The summed E-state index contributed by atoms with van der Waals surface area (Å²) >= 11 is 0. The van der Waals surface area contributed by atoms with Gasteiger partial charge in [0.25, 0.3) is 0 Å². The summed E-state index contributed by atoms with van der Waals surface area (Å²) in [6.45, 7) is 0. The Kier molecular flexibility index (Phi) is 14.2. The van der Waals surface area contributed by atoms with Gasteiger partial charge in [0.05, 0.1) is 0 Å². The van der Waals surface area contributed by atoms with Crippen molar-refractivity contribution in [3.63, 3.8) is 0 Å². The molecule has 0 saturated heterocycles. The topological polar surface area (TPSA) is 0 Å². The Labute approximate surface area is 182 Å². The smallest absolute Gasteiger partial charge is 0.199 e. The first kappa shape index (κ1) is 24.6. The van der Waals surface area contributed by atoms with E-state index in [2.05, 4.69) is 73.5 Å². The third-order valence-corrected chi connectivity index (χ3v) is 3.36. The van der Waals surface area contributed by atoms with Crippen molar-refractivity contribution in [1.29, 1.82) is 0 Å². The van der Waals surface area contributed by atoms with Crippen LogP contribution in [-0.2, 0) is 0 Å². The van der Waals surface area contributed by atoms with Crippen molar-refractivity contribution >= 4 is 0 Å². The molecule has 22 heavy (non-hydrogen) atoms. The van der Waals surface area contributed by atoms with Gasteiger partial charge >= 0.3 is 75.4 Å². The van der Waals surface area contributed by atoms with Gasteiger partial charge in [-0.05, 0) is 0 Å². The summed E-state index contributed by atoms with van der Waals surface area (Å²) in [7, 11) is 0. The maximum atomic E-state index is 2.30. The molecule has 0 aliphatic heterocycles. The molecule has 4 heteroatoms. The molecule has 0 spiro atoms. The minimum absolute atomic E-state index is 0. The molecule has 1 aliphatic carbocycles. The van der Waals surface area contributed by atoms with Gasteiger partial charge < -0.3 is 0 Å². The Hall–Kier alpha value is 0.310. The molecule has 2 aromatic carbocycles. The molecule has 3 rings (SSSR count). The van der Waals surface area contributed by atoms with Crippen LogP contribution in [-0.4, -0.2) is 0 Å². The molecule has 0 heterocycles. The van der Waals surface area contributed by atoms with Crippen molar-refractivity contribution in [2.75, 3.05) is 0 Å². The quantitative estimate of drug-likeness (QED) is 0.378. The maximum absolute atomic E-state index is 2.30. The van der Waals surface area contributed by atoms with Gasteiger partial charge in [0.1, 0.15) is 0 Å². The van der Waals surface area contributed by atoms with Crippen LogP contribution in [0.25, 0.3) is 0 Å². The molecule has 0 amide bonds. The Morgan fingerprint density at radius 2 is 0.818 bits per heavy atom. The molecule has 0 N–H and O–H groups in total. The van der Waals surface area contributed by atoms with E-state index in [1.807, 2.05) is 0 Å². The molecule has 0 saturated carbocycles. The summed E-state index contributed by atoms with van der Waals surface area (Å²) in [5.74, 6) is 0. The van der Waals surface area contributed by atoms with E-state index in [1.165, 1.54) is 35.1 Å². The largest absolute Gasteiger partial charge is 1.00 e. The molecule has 2 aromatic rings. The predicted molar refractivity (Wildman–Crippen MR) is 75.9 cm³/mol. The van der Waals surface area contributed by atoms with Crippen LogP contribution in [0, 0.1) is 12.8 Å². The molecular formula is C18H16Li4+2. The summed E-state index contributed by atoms with van der Waals surface area (Å²) in [4.78, 5) is 0. The molecule has 1 aliphatic rings. The number of rotatable bonds is 4. The van der Waals surface area contributed by atoms with Crippen molar-refractivity contribution in [1.82, 2.24) is 0 Å². The zero-order valence-corrected chi connectivity index (χ0v) is 14.3. The molecule has 0 fully saturated rings. The number of allylic oxidation sites excluding steroid dienone is 2. The molecular weight excluding hydrogens is 244 g/mol. The van der Waals surface area contributed by atoms with E-state index in [0.717, 1.165) is 0 Å². The van der Waals surface area contributed by atoms with Crippen LogP contribution >= 0.6 is 0 Å². The molecule has 0 aromatic heterocycles. The second kappa shape index (κ2) is 12.7. The number of hydrogen-bond acceptors (Lipinski definition) is 0. The second-order valence-electron chi connectivity index (χ2n) is 4.66. The van der Waals surface area contributed by atoms with Crippen LogP contribution in [0.15, 0.2) is 71.8 Å². The van der Waals surface area contributed by atoms with Crippen LogP contribution < -0.4 is 75.4 Å². The van der Waals surface area contributed by atoms with Gasteiger partial charge in [0.15, 0.2) is 0 Å². The first-order valence-corrected chi connectivity index (χ1v) is 6.43. The van der Waals surface area contributed by atoms with Gasteiger partial charge in [-0.3, -0.25) is 0 Å². The van der Waals surface area contributed by atoms with Crippen LogP contribution in [0.2, 0.25) is 0 Å². The minimum Gasteiger partial charge on any atom is -0.199 e. The van der Waals surface area contributed by atoms with Gasteiger partial charge in [-0.15, -0.1) is 48.5 Å². The zero-order valence-electron chi connectivity index (χ0n) is 14.3. The summed E-state index contributed by atoms with van der Waals surface area (Å²) in [5, 5.41) is 0. The molecule has 90 valence electrons. The van der Waals surface area contributed by atoms with E-state index in [9.17, 15) is 0 Å². The summed E-state index contributed by atoms with van der Waals surface area (Å²) in [6, 6.07) is 21.1. The van der Waals surface area contributed by atoms with Gasteiger partial charge in [-0.2, -0.15) is 35.1 Å². The standard InChI is InChI=1S/C18H16.4Li/c1-3-7-15(8-4-1)13-17-11-12-18(17)14-16-9-5-2-6-10-16;;;;/h1-10,13-14H,11-12H2;;;;/q-2;4*+1. The van der Waals surface area contributed by atoms with E-state index >= 15 is 0 Å². The van der Waals surface area contributed by atoms with Crippen molar-refractivity contribution in [2.24, 2.45) is 0 Å². The van der Waals surface area contributed by atoms with E-state index in [0.29, 0.717) is 0 Å². The maximum Gasteiger partial charge on any atom is 1.00 e. The third kappa shape index (κ3) is 6.83. The molecule has 0 unspecified atom stereocenters. The average Bonchev–Trinajstić information content (AvgIpc) is 2.43. The fourth-order valence-corrected chi connectivity index (χ4v) is 2.24. The first-order valence-electron chi connectivity index (χ1n) is 6.43. The first-order chi connectivity index (χ1) is 8.92. The third-order valence-electron chi connectivity index (χ3n) is 3.36. The van der Waals surface area contributed by atoms with Gasteiger partial charge in [0, 0.05) is 0 Å². The molecule has 0 atom stereocenters. The zero-order chi connectivity index (χ0) is 12.2. The Morgan fingerprint density at radius 3 is 1.09 bits per heavy atom. The van der Waals surface area contributed by atoms with Crippen LogP contribution in [0.1, 0.15) is 24.0 Å². The van der Waals surface area contributed by atoms with E-state index < -0.39 is 0 Å². The van der Waals surface area contributed by atoms with Gasteiger partial charge in [-0.25, -0.2) is 0 Å². The predicted octanol–water partition coefficient (Wildman–Crippen LogP) is -7.40. The normalized spacial score (nSPS) is 11.5. The second-order valence-corrected chi connectivity index (χ2v) is 4.66. The summed E-state index contributed by atoms with van der Waals surface area (Å²) in [5.41, 5.74) is 5.55. The fraction of sp³-hybridized carbons (Fsp3) is 0.111. The minimum atomic E-state index is 0. The monoisotopic (exact) mass is 260 g/mol. The average molecular weight is 260 g/mol. The van der Waals surface area contributed by atoms with E-state index in [4.69, 9.17) is 0 Å². The van der Waals surface area contributed by atoms with Crippen LogP contribution in [0.3, 0.4) is 0 Å². The number of benzene rings is 2. The van der Waals surface area contributed by atoms with Crippen molar-refractivity contribution in [3.8, 4) is 0 Å². The van der Waals surface area contributed by atoms with Crippen LogP contribution in [0.4, 0.5) is 0 Å². The van der Waals surface area contributed by atoms with Crippen LogP contribution in [0.5, 0.6) is 0 Å². The molecule has 0 bridgehead atoms. The Balaban J connectivity index is 0. The Morgan fingerprint density at radius 1 is 0.500 bits per heavy atom. The van der Waals surface area contributed by atoms with Crippen molar-refractivity contribution in [3.05, 3.63) is 95.8 Å². The van der Waals surface area contributed by atoms with E-state index in [-0.39, 0.29) is 75.4 Å². The fourth-order valence-electron chi connectivity index (χ4n) is 2.24. The van der Waals surface area contributed by atoms with Gasteiger partial charge in [0.2, 0.25) is 0 Å². The summed E-state index contributed by atoms with van der Waals surface area (Å²) < 4.78 is 0. The van der Waals surface area contributed by atoms with Crippen molar-refractivity contribution < 1.29 is 75.4 Å². The SMILES string of the molecule is [Li+].[Li+].[Li+].[Li+].c1ccc([CH-]C2=C([CH-]c3ccccc3)CC2)cc1. The van der Waals surface area contributed by atoms with Crippen molar-refractivity contribution in [2.45, 2.75) is 12.8 Å². The Bertz CT molecular complexity index is 498. The molecule has 0 nitrogen and oxygen atoms in total. The van der Waals surface area contributed by atoms with Gasteiger partial charge in [-0.1, -0.05) is 25.0 Å². The van der Waals surface area contributed by atoms with E-state index in [1.54, 1.807) is 0 Å². The summed E-state index contributed by atoms with van der Waals surface area (Å²) in [6.07, 6.45) is 7.01. The molecule has 0 radical (unpaired) electrons. The number of hydrogen-bond donors (Lipinski definition) is 0.